The van der Waals surface area contributed by atoms with Crippen molar-refractivity contribution in [2.75, 3.05) is 0 Å². The van der Waals surface area contributed by atoms with Crippen LogP contribution in [0.3, 0.4) is 0 Å². The van der Waals surface area contributed by atoms with Crippen LogP contribution in [0.15, 0.2) is 0 Å². The fourth-order valence-electron chi connectivity index (χ4n) is 1.36. The van der Waals surface area contributed by atoms with E-state index in [1.54, 1.807) is 0 Å². The quantitative estimate of drug-likeness (QED) is 0.538. The third kappa shape index (κ3) is 8.02. The molecule has 0 radical (unpaired) electrons. The Morgan fingerprint density at radius 2 is 1.42 bits per heavy atom. The third-order valence-electron chi connectivity index (χ3n) is 3.40. The first-order valence-corrected chi connectivity index (χ1v) is 7.17. The Morgan fingerprint density at radius 3 is 1.84 bits per heavy atom. The zero-order chi connectivity index (χ0) is 15.3. The molecular weight excluding hydrogens is 240 g/mol. The molecule has 0 aliphatic carbocycles. The van der Waals surface area contributed by atoms with Gasteiger partial charge in [-0.15, -0.1) is 0 Å². The predicted octanol–water partition coefficient (Wildman–Crippen LogP) is 4.14. The van der Waals surface area contributed by atoms with Crippen LogP contribution in [0.2, 0.25) is 0 Å². The van der Waals surface area contributed by atoms with E-state index in [0.717, 1.165) is 12.8 Å². The standard InChI is InChI=1S/C16H30O3/c1-12(15(2,3)4)19-14(18)11-9-8-10-13(17)16(5,6)7/h12H,8-11H2,1-7H3. The molecule has 0 fully saturated rings. The summed E-state index contributed by atoms with van der Waals surface area (Å²) in [6, 6.07) is 0. The molecule has 0 amide bonds. The van der Waals surface area contributed by atoms with Crippen LogP contribution in [-0.2, 0) is 14.3 Å². The Bertz CT molecular complexity index is 305. The Kier molecular flexibility index (Phi) is 6.74. The lowest BCUT2D eigenvalue weighted by Crippen LogP contribution is -2.28. The number of ether oxygens (including phenoxy) is 1. The SMILES string of the molecule is CC(OC(=O)CCCCC(=O)C(C)(C)C)C(C)(C)C. The Balaban J connectivity index is 3.86. The van der Waals surface area contributed by atoms with Gasteiger partial charge in [0, 0.05) is 18.3 Å². The number of hydrogen-bond donors (Lipinski definition) is 0. The highest BCUT2D eigenvalue weighted by molar-refractivity contribution is 5.83. The second kappa shape index (κ2) is 7.06. The molecule has 19 heavy (non-hydrogen) atoms. The minimum absolute atomic E-state index is 0.0299. The van der Waals surface area contributed by atoms with Gasteiger partial charge in [-0.05, 0) is 25.2 Å². The lowest BCUT2D eigenvalue weighted by molar-refractivity contribution is -0.153. The lowest BCUT2D eigenvalue weighted by Gasteiger charge is -2.26. The summed E-state index contributed by atoms with van der Waals surface area (Å²) in [5, 5.41) is 0. The highest BCUT2D eigenvalue weighted by atomic mass is 16.5. The molecule has 0 aromatic rings. The number of hydrogen-bond acceptors (Lipinski definition) is 3. The summed E-state index contributed by atoms with van der Waals surface area (Å²) in [6.07, 6.45) is 2.34. The number of rotatable bonds is 6. The van der Waals surface area contributed by atoms with E-state index >= 15 is 0 Å². The van der Waals surface area contributed by atoms with Crippen molar-refractivity contribution >= 4 is 11.8 Å². The molecule has 0 heterocycles. The van der Waals surface area contributed by atoms with Gasteiger partial charge in [-0.2, -0.15) is 0 Å². The van der Waals surface area contributed by atoms with Crippen molar-refractivity contribution in [1.82, 2.24) is 0 Å². The first-order valence-electron chi connectivity index (χ1n) is 7.17. The molecule has 0 aromatic carbocycles. The van der Waals surface area contributed by atoms with E-state index < -0.39 is 0 Å². The monoisotopic (exact) mass is 270 g/mol. The molecular formula is C16H30O3. The second-order valence-corrected chi connectivity index (χ2v) is 7.38. The summed E-state index contributed by atoms with van der Waals surface area (Å²) < 4.78 is 5.37. The first-order chi connectivity index (χ1) is 8.44. The van der Waals surface area contributed by atoms with Crippen molar-refractivity contribution in [3.8, 4) is 0 Å². The van der Waals surface area contributed by atoms with Gasteiger partial charge < -0.3 is 4.74 Å². The zero-order valence-corrected chi connectivity index (χ0v) is 13.6. The van der Waals surface area contributed by atoms with Crippen LogP contribution in [0.1, 0.15) is 74.1 Å². The number of esters is 1. The molecule has 0 saturated heterocycles. The topological polar surface area (TPSA) is 43.4 Å². The fraction of sp³-hybridized carbons (Fsp3) is 0.875. The van der Waals surface area contributed by atoms with Crippen molar-refractivity contribution in [1.29, 1.82) is 0 Å². The van der Waals surface area contributed by atoms with Crippen LogP contribution in [0, 0.1) is 10.8 Å². The normalized spacial score (nSPS) is 14.1. The van der Waals surface area contributed by atoms with Crippen molar-refractivity contribution in [3.63, 3.8) is 0 Å². The van der Waals surface area contributed by atoms with Crippen LogP contribution in [0.4, 0.5) is 0 Å². The summed E-state index contributed by atoms with van der Waals surface area (Å²) >= 11 is 0. The van der Waals surface area contributed by atoms with Crippen molar-refractivity contribution in [2.45, 2.75) is 80.3 Å². The van der Waals surface area contributed by atoms with Gasteiger partial charge in [0.25, 0.3) is 0 Å². The summed E-state index contributed by atoms with van der Waals surface area (Å²) in [6.45, 7) is 13.8. The third-order valence-corrected chi connectivity index (χ3v) is 3.40. The minimum Gasteiger partial charge on any atom is -0.462 e. The summed E-state index contributed by atoms with van der Waals surface area (Å²) in [5.74, 6) is 0.0922. The highest BCUT2D eigenvalue weighted by Gasteiger charge is 2.24. The second-order valence-electron chi connectivity index (χ2n) is 7.38. The molecule has 3 nitrogen and oxygen atoms in total. The lowest BCUT2D eigenvalue weighted by atomic mass is 9.88. The van der Waals surface area contributed by atoms with Crippen molar-refractivity contribution in [3.05, 3.63) is 0 Å². The van der Waals surface area contributed by atoms with Crippen LogP contribution >= 0.6 is 0 Å². The molecule has 0 saturated carbocycles. The van der Waals surface area contributed by atoms with Gasteiger partial charge in [0.2, 0.25) is 0 Å². The van der Waals surface area contributed by atoms with Gasteiger partial charge in [0.05, 0.1) is 0 Å². The molecule has 1 unspecified atom stereocenters. The van der Waals surface area contributed by atoms with E-state index in [1.807, 2.05) is 48.5 Å². The Hall–Kier alpha value is -0.860. The largest absolute Gasteiger partial charge is 0.462 e. The molecule has 112 valence electrons. The average molecular weight is 270 g/mol. The molecule has 0 spiro atoms. The van der Waals surface area contributed by atoms with E-state index in [2.05, 4.69) is 0 Å². The number of unbranched alkanes of at least 4 members (excludes halogenated alkanes) is 1. The van der Waals surface area contributed by atoms with Gasteiger partial charge in [0.15, 0.2) is 0 Å². The number of carbonyl (C=O) groups is 2. The summed E-state index contributed by atoms with van der Waals surface area (Å²) in [4.78, 5) is 23.3. The maximum atomic E-state index is 11.7. The van der Waals surface area contributed by atoms with Crippen LogP contribution < -0.4 is 0 Å². The Labute approximate surface area is 118 Å². The molecule has 0 bridgehead atoms. The highest BCUT2D eigenvalue weighted by Crippen LogP contribution is 2.22. The van der Waals surface area contributed by atoms with Gasteiger partial charge in [-0.3, -0.25) is 9.59 Å². The predicted molar refractivity (Wildman–Crippen MR) is 77.9 cm³/mol. The number of carbonyl (C=O) groups excluding carboxylic acids is 2. The Morgan fingerprint density at radius 1 is 0.947 bits per heavy atom. The molecule has 0 N–H and O–H groups in total. The molecule has 1 atom stereocenters. The van der Waals surface area contributed by atoms with Crippen molar-refractivity contribution in [2.24, 2.45) is 10.8 Å². The smallest absolute Gasteiger partial charge is 0.306 e. The van der Waals surface area contributed by atoms with Crippen LogP contribution in [-0.4, -0.2) is 17.9 Å². The maximum Gasteiger partial charge on any atom is 0.306 e. The molecule has 0 aliphatic rings. The van der Waals surface area contributed by atoms with E-state index in [1.165, 1.54) is 0 Å². The summed E-state index contributed by atoms with van der Waals surface area (Å²) in [7, 11) is 0. The number of ketones is 1. The van der Waals surface area contributed by atoms with E-state index in [0.29, 0.717) is 12.8 Å². The number of Topliss-reactive ketones (excluding diaryl/α,β-unsaturated/α-hetero) is 1. The minimum atomic E-state index is -0.277. The van der Waals surface area contributed by atoms with Gasteiger partial charge in [0.1, 0.15) is 11.9 Å². The molecule has 0 aliphatic heterocycles. The van der Waals surface area contributed by atoms with Gasteiger partial charge in [-0.25, -0.2) is 0 Å². The van der Waals surface area contributed by atoms with E-state index in [9.17, 15) is 9.59 Å². The maximum absolute atomic E-state index is 11.7. The van der Waals surface area contributed by atoms with Crippen LogP contribution in [0.25, 0.3) is 0 Å². The fourth-order valence-corrected chi connectivity index (χ4v) is 1.36. The van der Waals surface area contributed by atoms with E-state index in [-0.39, 0.29) is 28.7 Å². The summed E-state index contributed by atoms with van der Waals surface area (Å²) in [5.41, 5.74) is -0.306. The van der Waals surface area contributed by atoms with Crippen LogP contribution in [0.5, 0.6) is 0 Å². The van der Waals surface area contributed by atoms with Gasteiger partial charge in [-0.1, -0.05) is 41.5 Å². The zero-order valence-electron chi connectivity index (χ0n) is 13.6. The van der Waals surface area contributed by atoms with Gasteiger partial charge >= 0.3 is 5.97 Å². The van der Waals surface area contributed by atoms with E-state index in [4.69, 9.17) is 4.74 Å². The molecule has 0 rings (SSSR count). The molecule has 0 aromatic heterocycles. The average Bonchev–Trinajstić information content (AvgIpc) is 2.21. The molecule has 3 heteroatoms. The van der Waals surface area contributed by atoms with Crippen molar-refractivity contribution < 1.29 is 14.3 Å². The first kappa shape index (κ1) is 18.1.